The third-order valence-corrected chi connectivity index (χ3v) is 12.4. The van der Waals surface area contributed by atoms with Crippen molar-refractivity contribution in [1.82, 2.24) is 19.5 Å². The Morgan fingerprint density at radius 2 is 0.716 bits per heavy atom. The van der Waals surface area contributed by atoms with Gasteiger partial charge in [0, 0.05) is 38.6 Å². The first-order valence-corrected chi connectivity index (χ1v) is 22.2. The van der Waals surface area contributed by atoms with E-state index in [0.717, 1.165) is 88.7 Å². The molecule has 0 aliphatic heterocycles. The Balaban J connectivity index is 1.26. The number of fused-ring (bicyclic) bond motifs is 3. The molecule has 9 aromatic carbocycles. The van der Waals surface area contributed by atoms with Crippen LogP contribution in [-0.2, 0) is 0 Å². The smallest absolute Gasteiger partial charge is 0.164 e. The molecular weight excluding hydrogens is 817 g/mol. The molecule has 0 radical (unpaired) electrons. The highest BCUT2D eigenvalue weighted by atomic mass is 15.0. The maximum absolute atomic E-state index is 9.95. The van der Waals surface area contributed by atoms with E-state index in [2.05, 4.69) is 128 Å². The lowest BCUT2D eigenvalue weighted by Crippen LogP contribution is -2.04. The number of nitriles is 2. The molecule has 2 aromatic heterocycles. The summed E-state index contributed by atoms with van der Waals surface area (Å²) in [5.41, 5.74) is 17.3. The van der Waals surface area contributed by atoms with Crippen molar-refractivity contribution in [2.45, 2.75) is 13.8 Å². The molecule has 0 fully saturated rings. The summed E-state index contributed by atoms with van der Waals surface area (Å²) in [6.07, 6.45) is 0. The quantitative estimate of drug-likeness (QED) is 0.152. The fourth-order valence-electron chi connectivity index (χ4n) is 9.10. The Kier molecular flexibility index (Phi) is 10.3. The van der Waals surface area contributed by atoms with Gasteiger partial charge in [0.05, 0.1) is 40.0 Å². The van der Waals surface area contributed by atoms with Crippen molar-refractivity contribution in [2.75, 3.05) is 0 Å². The molecule has 2 heterocycles. The summed E-state index contributed by atoms with van der Waals surface area (Å²) >= 11 is 0. The Morgan fingerprint density at radius 1 is 0.343 bits per heavy atom. The molecule has 0 atom stereocenters. The molecule has 0 unspecified atom stereocenters. The summed E-state index contributed by atoms with van der Waals surface area (Å²) in [5, 5.41) is 22.1. The summed E-state index contributed by atoms with van der Waals surface area (Å²) in [7, 11) is 0. The highest BCUT2D eigenvalue weighted by molar-refractivity contribution is 6.13. The van der Waals surface area contributed by atoms with Gasteiger partial charge in [0.1, 0.15) is 0 Å². The van der Waals surface area contributed by atoms with Gasteiger partial charge in [-0.05, 0) is 108 Å². The molecule has 0 bridgehead atoms. The van der Waals surface area contributed by atoms with E-state index >= 15 is 0 Å². The van der Waals surface area contributed by atoms with Crippen LogP contribution in [0.5, 0.6) is 0 Å². The molecule has 11 rings (SSSR count). The zero-order valence-corrected chi connectivity index (χ0v) is 36.8. The predicted octanol–water partition coefficient (Wildman–Crippen LogP) is 15.0. The van der Waals surface area contributed by atoms with Gasteiger partial charge in [0.2, 0.25) is 0 Å². The first kappa shape index (κ1) is 40.5. The molecule has 0 spiro atoms. The van der Waals surface area contributed by atoms with Gasteiger partial charge >= 0.3 is 0 Å². The molecular formula is C61H40N6. The minimum atomic E-state index is 0.511. The Bertz CT molecular complexity index is 3520. The van der Waals surface area contributed by atoms with Crippen LogP contribution in [0.4, 0.5) is 0 Å². The van der Waals surface area contributed by atoms with Gasteiger partial charge in [-0.2, -0.15) is 10.5 Å². The van der Waals surface area contributed by atoms with E-state index in [1.807, 2.05) is 109 Å². The molecule has 0 saturated carbocycles. The van der Waals surface area contributed by atoms with Gasteiger partial charge in [0.15, 0.2) is 17.5 Å². The molecule has 314 valence electrons. The van der Waals surface area contributed by atoms with Crippen molar-refractivity contribution in [3.05, 3.63) is 229 Å². The standard InChI is InChI=1S/C61H40N6/c1-39-11-9-17-47(31-39)49-27-29-56-54(33-49)55-34-50(48-18-10-12-40(2)32-48)28-30-57(55)67(56)58-52(43-23-19-41(37-62)20-24-43)35-51(36-53(58)44-25-21-42(38-63)22-26-44)61-65-59(45-13-5-3-6-14-45)64-60(66-61)46-15-7-4-8-16-46/h3-36H,1-2H3. The van der Waals surface area contributed by atoms with Gasteiger partial charge < -0.3 is 4.57 Å². The largest absolute Gasteiger partial charge is 0.308 e. The van der Waals surface area contributed by atoms with Gasteiger partial charge in [-0.3, -0.25) is 0 Å². The third-order valence-electron chi connectivity index (χ3n) is 12.4. The van der Waals surface area contributed by atoms with E-state index in [1.54, 1.807) is 0 Å². The van der Waals surface area contributed by atoms with Crippen molar-refractivity contribution in [3.8, 4) is 96.5 Å². The predicted molar refractivity (Wildman–Crippen MR) is 271 cm³/mol. The average Bonchev–Trinajstić information content (AvgIpc) is 3.71. The van der Waals surface area contributed by atoms with Crippen LogP contribution in [0.15, 0.2) is 206 Å². The minimum Gasteiger partial charge on any atom is -0.308 e. The number of nitrogens with zero attached hydrogens (tertiary/aromatic N) is 6. The van der Waals surface area contributed by atoms with Crippen molar-refractivity contribution >= 4 is 21.8 Å². The minimum absolute atomic E-state index is 0.511. The second kappa shape index (κ2) is 17.0. The molecule has 0 saturated heterocycles. The van der Waals surface area contributed by atoms with Crippen molar-refractivity contribution in [1.29, 1.82) is 10.5 Å². The number of aryl methyl sites for hydroxylation is 2. The lowest BCUT2D eigenvalue weighted by atomic mass is 9.91. The molecule has 0 aliphatic rings. The molecule has 67 heavy (non-hydrogen) atoms. The van der Waals surface area contributed by atoms with E-state index in [9.17, 15) is 10.5 Å². The Labute approximate surface area is 389 Å². The lowest BCUT2D eigenvalue weighted by molar-refractivity contribution is 1.07. The van der Waals surface area contributed by atoms with Crippen LogP contribution in [0.25, 0.3) is 106 Å². The number of aromatic nitrogens is 4. The fourth-order valence-corrected chi connectivity index (χ4v) is 9.10. The van der Waals surface area contributed by atoms with Crippen LogP contribution in [0.2, 0.25) is 0 Å². The first-order chi connectivity index (χ1) is 32.9. The summed E-state index contributed by atoms with van der Waals surface area (Å²) in [4.78, 5) is 15.4. The zero-order valence-electron chi connectivity index (χ0n) is 36.8. The first-order valence-electron chi connectivity index (χ1n) is 22.2. The highest BCUT2D eigenvalue weighted by Crippen LogP contribution is 2.45. The van der Waals surface area contributed by atoms with E-state index in [1.165, 1.54) is 11.1 Å². The van der Waals surface area contributed by atoms with Crippen molar-refractivity contribution in [3.63, 3.8) is 0 Å². The number of hydrogen-bond acceptors (Lipinski definition) is 5. The van der Waals surface area contributed by atoms with Gasteiger partial charge in [-0.1, -0.05) is 157 Å². The van der Waals surface area contributed by atoms with E-state index in [-0.39, 0.29) is 0 Å². The SMILES string of the molecule is Cc1cccc(-c2ccc3c(c2)c2cc(-c4cccc(C)c4)ccc2n3-c2c(-c3ccc(C#N)cc3)cc(-c3nc(-c4ccccc4)nc(-c4ccccc4)n3)cc2-c2ccc(C#N)cc2)c1. The normalized spacial score (nSPS) is 11.1. The average molecular weight is 857 g/mol. The van der Waals surface area contributed by atoms with Crippen molar-refractivity contribution < 1.29 is 0 Å². The van der Waals surface area contributed by atoms with Gasteiger partial charge in [-0.25, -0.2) is 15.0 Å². The summed E-state index contributed by atoms with van der Waals surface area (Å²) < 4.78 is 2.38. The van der Waals surface area contributed by atoms with E-state index in [0.29, 0.717) is 28.6 Å². The Hall–Kier alpha value is -9.23. The van der Waals surface area contributed by atoms with E-state index in [4.69, 9.17) is 15.0 Å². The maximum atomic E-state index is 9.95. The second-order valence-electron chi connectivity index (χ2n) is 16.9. The zero-order chi connectivity index (χ0) is 45.4. The monoisotopic (exact) mass is 856 g/mol. The van der Waals surface area contributed by atoms with Crippen LogP contribution in [0.1, 0.15) is 22.3 Å². The fraction of sp³-hybridized carbons (Fsp3) is 0.0328. The molecule has 6 nitrogen and oxygen atoms in total. The van der Waals surface area contributed by atoms with Crippen LogP contribution < -0.4 is 0 Å². The van der Waals surface area contributed by atoms with Crippen LogP contribution in [0, 0.1) is 36.5 Å². The summed E-state index contributed by atoms with van der Waals surface area (Å²) in [5.74, 6) is 1.63. The molecule has 6 heteroatoms. The van der Waals surface area contributed by atoms with Crippen molar-refractivity contribution in [2.24, 2.45) is 0 Å². The number of rotatable bonds is 8. The second-order valence-corrected chi connectivity index (χ2v) is 16.9. The number of hydrogen-bond donors (Lipinski definition) is 0. The van der Waals surface area contributed by atoms with Gasteiger partial charge in [-0.15, -0.1) is 0 Å². The third kappa shape index (κ3) is 7.69. The van der Waals surface area contributed by atoms with Crippen LogP contribution >= 0.6 is 0 Å². The van der Waals surface area contributed by atoms with Crippen LogP contribution in [0.3, 0.4) is 0 Å². The maximum Gasteiger partial charge on any atom is 0.164 e. The Morgan fingerprint density at radius 3 is 1.12 bits per heavy atom. The number of benzene rings is 9. The molecule has 0 aliphatic carbocycles. The highest BCUT2D eigenvalue weighted by Gasteiger charge is 2.24. The lowest BCUT2D eigenvalue weighted by Gasteiger charge is -2.21. The van der Waals surface area contributed by atoms with E-state index < -0.39 is 0 Å². The summed E-state index contributed by atoms with van der Waals surface area (Å²) in [6.45, 7) is 4.26. The molecule has 11 aromatic rings. The molecule has 0 amide bonds. The van der Waals surface area contributed by atoms with Crippen LogP contribution in [-0.4, -0.2) is 19.5 Å². The molecule has 0 N–H and O–H groups in total. The van der Waals surface area contributed by atoms with Gasteiger partial charge in [0.25, 0.3) is 0 Å². The topological polar surface area (TPSA) is 91.2 Å². The summed E-state index contributed by atoms with van der Waals surface area (Å²) in [6, 6.07) is 75.3.